The molecule has 6 heteroatoms. The number of thiazole rings is 1. The minimum absolute atomic E-state index is 0.732. The topological polar surface area (TPSA) is 45.0 Å². The van der Waals surface area contributed by atoms with Crippen LogP contribution >= 0.6 is 11.3 Å². The van der Waals surface area contributed by atoms with Crippen LogP contribution in [0.15, 0.2) is 23.6 Å². The molecule has 1 aromatic carbocycles. The summed E-state index contributed by atoms with van der Waals surface area (Å²) in [5, 5.41) is 3.16. The van der Waals surface area contributed by atoms with E-state index in [2.05, 4.69) is 5.38 Å². The Balaban J connectivity index is 1.75. The minimum atomic E-state index is 0.732. The molecule has 1 aliphatic rings. The van der Waals surface area contributed by atoms with E-state index in [1.807, 2.05) is 18.2 Å². The molecule has 0 bridgehead atoms. The van der Waals surface area contributed by atoms with Crippen molar-refractivity contribution in [3.8, 4) is 22.1 Å². The zero-order chi connectivity index (χ0) is 15.4. The van der Waals surface area contributed by atoms with Gasteiger partial charge in [0.1, 0.15) is 30.3 Å². The highest BCUT2D eigenvalue weighted by Gasteiger charge is 2.16. The van der Waals surface area contributed by atoms with Gasteiger partial charge in [0, 0.05) is 10.9 Å². The normalized spacial score (nSPS) is 15.7. The lowest BCUT2D eigenvalue weighted by atomic mass is 10.2. The third kappa shape index (κ3) is 3.40. The molecule has 5 nitrogen and oxygen atoms in total. The minimum Gasteiger partial charge on any atom is -0.493 e. The van der Waals surface area contributed by atoms with Crippen LogP contribution in [0.2, 0.25) is 0 Å². The summed E-state index contributed by atoms with van der Waals surface area (Å²) in [6, 6.07) is 5.91. The van der Waals surface area contributed by atoms with Crippen molar-refractivity contribution >= 4 is 11.3 Å². The summed E-state index contributed by atoms with van der Waals surface area (Å²) in [5.74, 6) is 1.47. The first kappa shape index (κ1) is 15.3. The Labute approximate surface area is 134 Å². The van der Waals surface area contributed by atoms with Gasteiger partial charge in [0.15, 0.2) is 11.5 Å². The first-order chi connectivity index (χ1) is 10.8. The number of aromatic nitrogens is 1. The van der Waals surface area contributed by atoms with E-state index in [-0.39, 0.29) is 0 Å². The van der Waals surface area contributed by atoms with Crippen molar-refractivity contribution in [1.29, 1.82) is 0 Å². The molecule has 1 saturated heterocycles. The van der Waals surface area contributed by atoms with Gasteiger partial charge in [-0.2, -0.15) is 0 Å². The first-order valence-electron chi connectivity index (χ1n) is 7.38. The van der Waals surface area contributed by atoms with Crippen molar-refractivity contribution < 1.29 is 19.1 Å². The maximum atomic E-state index is 5.39. The molecule has 22 heavy (non-hydrogen) atoms. The highest BCUT2D eigenvalue weighted by atomic mass is 32.1. The molecule has 118 valence electrons. The molecule has 0 spiro atoms. The van der Waals surface area contributed by atoms with Crippen LogP contribution in [-0.4, -0.2) is 45.5 Å². The predicted molar refractivity (Wildman–Crippen MR) is 85.9 cm³/mol. The molecule has 1 fully saturated rings. The predicted octanol–water partition coefficient (Wildman–Crippen LogP) is 1.24. The highest BCUT2D eigenvalue weighted by molar-refractivity contribution is 7.13. The van der Waals surface area contributed by atoms with Gasteiger partial charge in [0.05, 0.1) is 27.4 Å². The van der Waals surface area contributed by atoms with Crippen molar-refractivity contribution in [3.05, 3.63) is 29.3 Å². The molecule has 1 N–H and O–H groups in total. The Morgan fingerprint density at radius 2 is 1.95 bits per heavy atom. The molecular weight excluding hydrogens is 300 g/mol. The standard InChI is InChI=1S/C16H20N2O3S/c1-19-14-4-3-12(9-15(14)20-2)16-17-13(11-22-16)10-18-5-7-21-8-6-18/h3-4,9,11H,5-8,10H2,1-2H3/p+1. The van der Waals surface area contributed by atoms with E-state index in [0.29, 0.717) is 0 Å². The van der Waals surface area contributed by atoms with E-state index < -0.39 is 0 Å². The number of quaternary nitrogens is 1. The summed E-state index contributed by atoms with van der Waals surface area (Å²) < 4.78 is 16.0. The van der Waals surface area contributed by atoms with Crippen LogP contribution in [0.5, 0.6) is 11.5 Å². The van der Waals surface area contributed by atoms with Crippen molar-refractivity contribution in [2.45, 2.75) is 6.54 Å². The average molecular weight is 321 g/mol. The van der Waals surface area contributed by atoms with Crippen molar-refractivity contribution in [3.63, 3.8) is 0 Å². The molecule has 0 aliphatic carbocycles. The Morgan fingerprint density at radius 3 is 2.68 bits per heavy atom. The molecular formula is C16H21N2O3S+. The van der Waals surface area contributed by atoms with Gasteiger partial charge < -0.3 is 19.1 Å². The Kier molecular flexibility index (Phi) is 4.92. The van der Waals surface area contributed by atoms with E-state index >= 15 is 0 Å². The number of hydrogen-bond donors (Lipinski definition) is 1. The summed E-state index contributed by atoms with van der Waals surface area (Å²) in [6.07, 6.45) is 0. The Bertz CT molecular complexity index is 624. The van der Waals surface area contributed by atoms with E-state index in [9.17, 15) is 0 Å². The second kappa shape index (κ2) is 7.09. The van der Waals surface area contributed by atoms with E-state index in [4.69, 9.17) is 19.2 Å². The Morgan fingerprint density at radius 1 is 1.18 bits per heavy atom. The average Bonchev–Trinajstić information content (AvgIpc) is 3.03. The smallest absolute Gasteiger partial charge is 0.161 e. The number of ether oxygens (including phenoxy) is 3. The number of nitrogens with zero attached hydrogens (tertiary/aromatic N) is 1. The van der Waals surface area contributed by atoms with Crippen LogP contribution in [-0.2, 0) is 11.3 Å². The summed E-state index contributed by atoms with van der Waals surface area (Å²) in [6.45, 7) is 4.78. The van der Waals surface area contributed by atoms with Gasteiger partial charge in [0.2, 0.25) is 0 Å². The van der Waals surface area contributed by atoms with Gasteiger partial charge in [-0.15, -0.1) is 11.3 Å². The van der Waals surface area contributed by atoms with Gasteiger partial charge in [-0.1, -0.05) is 0 Å². The summed E-state index contributed by atoms with van der Waals surface area (Å²) in [5.41, 5.74) is 2.21. The molecule has 3 rings (SSSR count). The number of morpholine rings is 1. The Hall–Kier alpha value is -1.63. The second-order valence-corrected chi connectivity index (χ2v) is 6.11. The van der Waals surface area contributed by atoms with Crippen LogP contribution in [0.25, 0.3) is 10.6 Å². The van der Waals surface area contributed by atoms with E-state index in [1.54, 1.807) is 25.6 Å². The van der Waals surface area contributed by atoms with Gasteiger partial charge in [-0.05, 0) is 18.2 Å². The quantitative estimate of drug-likeness (QED) is 0.900. The fraction of sp³-hybridized carbons (Fsp3) is 0.438. The van der Waals surface area contributed by atoms with Gasteiger partial charge in [-0.25, -0.2) is 4.98 Å². The van der Waals surface area contributed by atoms with E-state index in [1.165, 1.54) is 4.90 Å². The van der Waals surface area contributed by atoms with Crippen LogP contribution in [0.3, 0.4) is 0 Å². The molecule has 2 aromatic rings. The third-order valence-electron chi connectivity index (χ3n) is 3.81. The SMILES string of the molecule is COc1ccc(-c2nc(C[NH+]3CCOCC3)cs2)cc1OC. The maximum Gasteiger partial charge on any atom is 0.161 e. The highest BCUT2D eigenvalue weighted by Crippen LogP contribution is 2.33. The van der Waals surface area contributed by atoms with Crippen LogP contribution in [0.4, 0.5) is 0 Å². The molecule has 0 atom stereocenters. The van der Waals surface area contributed by atoms with Crippen LogP contribution in [0.1, 0.15) is 5.69 Å². The summed E-state index contributed by atoms with van der Waals surface area (Å²) in [4.78, 5) is 6.30. The fourth-order valence-electron chi connectivity index (χ4n) is 2.58. The monoisotopic (exact) mass is 321 g/mol. The summed E-state index contributed by atoms with van der Waals surface area (Å²) in [7, 11) is 3.29. The lowest BCUT2D eigenvalue weighted by molar-refractivity contribution is -0.921. The largest absolute Gasteiger partial charge is 0.493 e. The number of hydrogen-bond acceptors (Lipinski definition) is 5. The molecule has 1 aromatic heterocycles. The lowest BCUT2D eigenvalue weighted by Gasteiger charge is -2.22. The summed E-state index contributed by atoms with van der Waals surface area (Å²) >= 11 is 1.67. The van der Waals surface area contributed by atoms with Crippen molar-refractivity contribution in [2.24, 2.45) is 0 Å². The van der Waals surface area contributed by atoms with Crippen LogP contribution < -0.4 is 14.4 Å². The van der Waals surface area contributed by atoms with Crippen molar-refractivity contribution in [2.75, 3.05) is 40.5 Å². The molecule has 0 amide bonds. The lowest BCUT2D eigenvalue weighted by Crippen LogP contribution is -3.12. The number of methoxy groups -OCH3 is 2. The molecule has 0 unspecified atom stereocenters. The molecule has 2 heterocycles. The number of benzene rings is 1. The number of nitrogens with one attached hydrogen (secondary N) is 1. The van der Waals surface area contributed by atoms with E-state index in [0.717, 1.165) is 60.6 Å². The zero-order valence-electron chi connectivity index (χ0n) is 12.9. The molecule has 0 saturated carbocycles. The third-order valence-corrected chi connectivity index (χ3v) is 4.75. The first-order valence-corrected chi connectivity index (χ1v) is 8.26. The van der Waals surface area contributed by atoms with Crippen LogP contribution in [0, 0.1) is 0 Å². The van der Waals surface area contributed by atoms with Gasteiger partial charge in [-0.3, -0.25) is 0 Å². The maximum absolute atomic E-state index is 5.39. The molecule has 0 radical (unpaired) electrons. The van der Waals surface area contributed by atoms with Gasteiger partial charge in [0.25, 0.3) is 0 Å². The van der Waals surface area contributed by atoms with Gasteiger partial charge >= 0.3 is 0 Å². The second-order valence-electron chi connectivity index (χ2n) is 5.25. The fourth-order valence-corrected chi connectivity index (χ4v) is 3.40. The number of rotatable bonds is 5. The zero-order valence-corrected chi connectivity index (χ0v) is 13.7. The van der Waals surface area contributed by atoms with Crippen molar-refractivity contribution in [1.82, 2.24) is 4.98 Å². The molecule has 1 aliphatic heterocycles.